The highest BCUT2D eigenvalue weighted by molar-refractivity contribution is 7.89. The molecule has 6 nitrogen and oxygen atoms in total. The van der Waals surface area contributed by atoms with Crippen LogP contribution < -0.4 is 10.5 Å². The molecule has 1 rings (SSSR count). The maximum Gasteiger partial charge on any atom is 0.238 e. The van der Waals surface area contributed by atoms with Gasteiger partial charge >= 0.3 is 0 Å². The van der Waals surface area contributed by atoms with Crippen LogP contribution in [0.3, 0.4) is 0 Å². The molecule has 0 aliphatic carbocycles. The number of unbranched alkanes of at least 4 members (excludes halogenated alkanes) is 1. The molecule has 1 atom stereocenters. The van der Waals surface area contributed by atoms with Crippen LogP contribution in [0.1, 0.15) is 32.3 Å². The van der Waals surface area contributed by atoms with Gasteiger partial charge in [0.2, 0.25) is 15.9 Å². The average Bonchev–Trinajstić information content (AvgIpc) is 2.51. The number of nitrogens with one attached hydrogen (secondary N) is 1. The van der Waals surface area contributed by atoms with Crippen LogP contribution in [0, 0.1) is 0 Å². The molecule has 0 heterocycles. The maximum absolute atomic E-state index is 12.1. The van der Waals surface area contributed by atoms with E-state index in [0.717, 1.165) is 24.9 Å². The molecule has 1 aromatic rings. The zero-order valence-electron chi connectivity index (χ0n) is 14.1. The summed E-state index contributed by atoms with van der Waals surface area (Å²) in [5.74, 6) is 0.00441. The number of rotatable bonds is 9. The van der Waals surface area contributed by atoms with Crippen molar-refractivity contribution in [3.63, 3.8) is 0 Å². The monoisotopic (exact) mass is 341 g/mol. The van der Waals surface area contributed by atoms with Crippen LogP contribution >= 0.6 is 0 Å². The van der Waals surface area contributed by atoms with Gasteiger partial charge in [0.15, 0.2) is 0 Å². The van der Waals surface area contributed by atoms with Crippen LogP contribution in [0.15, 0.2) is 29.2 Å². The second-order valence-corrected chi connectivity index (χ2v) is 7.30. The van der Waals surface area contributed by atoms with Crippen molar-refractivity contribution in [2.75, 3.05) is 20.1 Å². The molecule has 1 amide bonds. The minimum Gasteiger partial charge on any atom is -0.354 e. The van der Waals surface area contributed by atoms with Gasteiger partial charge in [0.05, 0.1) is 10.9 Å². The van der Waals surface area contributed by atoms with Gasteiger partial charge in [-0.05, 0) is 51.1 Å². The number of nitrogens with zero attached hydrogens (tertiary/aromatic N) is 1. The normalized spacial score (nSPS) is 13.1. The summed E-state index contributed by atoms with van der Waals surface area (Å²) in [4.78, 5) is 14.2. The Bertz CT molecular complexity index is 600. The first kappa shape index (κ1) is 19.6. The highest BCUT2D eigenvalue weighted by atomic mass is 32.2. The molecule has 0 saturated carbocycles. The van der Waals surface area contributed by atoms with E-state index in [1.165, 1.54) is 12.1 Å². The van der Waals surface area contributed by atoms with Crippen molar-refractivity contribution in [2.24, 2.45) is 5.14 Å². The third-order valence-corrected chi connectivity index (χ3v) is 4.80. The number of amides is 1. The van der Waals surface area contributed by atoms with Gasteiger partial charge in [0, 0.05) is 6.54 Å². The first-order valence-electron chi connectivity index (χ1n) is 7.85. The lowest BCUT2D eigenvalue weighted by atomic mass is 10.1. The molecule has 3 N–H and O–H groups in total. The number of primary sulfonamides is 1. The van der Waals surface area contributed by atoms with Gasteiger partial charge in [-0.15, -0.1) is 0 Å². The van der Waals surface area contributed by atoms with E-state index >= 15 is 0 Å². The van der Waals surface area contributed by atoms with Gasteiger partial charge in [0.1, 0.15) is 0 Å². The Balaban J connectivity index is 2.43. The van der Waals surface area contributed by atoms with Crippen molar-refractivity contribution in [3.05, 3.63) is 29.8 Å². The standard InChI is InChI=1S/C16H27N3O3S/c1-4-5-12-19(3)13(2)16(20)18-11-10-14-6-8-15(9-7-14)23(17,21)22/h6-9,13H,4-5,10-12H2,1-3H3,(H,18,20)(H2,17,21,22)/t13-/m1/s1. The van der Waals surface area contributed by atoms with Crippen molar-refractivity contribution in [2.45, 2.75) is 44.0 Å². The summed E-state index contributed by atoms with van der Waals surface area (Å²) in [7, 11) is -1.71. The minimum atomic E-state index is -3.66. The van der Waals surface area contributed by atoms with E-state index in [-0.39, 0.29) is 16.8 Å². The predicted octanol–water partition coefficient (Wildman–Crippen LogP) is 1.11. The predicted molar refractivity (Wildman–Crippen MR) is 91.5 cm³/mol. The van der Waals surface area contributed by atoms with E-state index < -0.39 is 10.0 Å². The molecule has 23 heavy (non-hydrogen) atoms. The molecule has 0 radical (unpaired) electrons. The summed E-state index contributed by atoms with van der Waals surface area (Å²) in [5, 5.41) is 7.96. The van der Waals surface area contributed by atoms with E-state index in [2.05, 4.69) is 12.2 Å². The van der Waals surface area contributed by atoms with Crippen LogP contribution in [0.5, 0.6) is 0 Å². The number of sulfonamides is 1. The zero-order valence-corrected chi connectivity index (χ0v) is 14.9. The van der Waals surface area contributed by atoms with Crippen molar-refractivity contribution >= 4 is 15.9 Å². The van der Waals surface area contributed by atoms with Crippen molar-refractivity contribution in [3.8, 4) is 0 Å². The Labute approximate surface area is 139 Å². The Morgan fingerprint density at radius 1 is 1.30 bits per heavy atom. The lowest BCUT2D eigenvalue weighted by molar-refractivity contribution is -0.125. The minimum absolute atomic E-state index is 0.00441. The van der Waals surface area contributed by atoms with Gasteiger partial charge in [-0.25, -0.2) is 13.6 Å². The fourth-order valence-electron chi connectivity index (χ4n) is 2.12. The molecule has 0 fully saturated rings. The van der Waals surface area contributed by atoms with Crippen LogP contribution in [0.2, 0.25) is 0 Å². The van der Waals surface area contributed by atoms with E-state index in [4.69, 9.17) is 5.14 Å². The molecular formula is C16H27N3O3S. The molecule has 130 valence electrons. The third-order valence-electron chi connectivity index (χ3n) is 3.87. The Hall–Kier alpha value is -1.44. The molecule has 0 saturated heterocycles. The SMILES string of the molecule is CCCCN(C)[C@H](C)C(=O)NCCc1ccc(S(N)(=O)=O)cc1. The largest absolute Gasteiger partial charge is 0.354 e. The van der Waals surface area contributed by atoms with Crippen LogP contribution in [0.4, 0.5) is 0 Å². The molecule has 0 unspecified atom stereocenters. The number of likely N-dealkylation sites (N-methyl/N-ethyl adjacent to an activating group) is 1. The van der Waals surface area contributed by atoms with Gasteiger partial charge in [0.25, 0.3) is 0 Å². The molecular weight excluding hydrogens is 314 g/mol. The number of carbonyl (C=O) groups excluding carboxylic acids is 1. The highest BCUT2D eigenvalue weighted by Crippen LogP contribution is 2.09. The van der Waals surface area contributed by atoms with Crippen LogP contribution in [0.25, 0.3) is 0 Å². The number of benzene rings is 1. The van der Waals surface area contributed by atoms with E-state index in [1.807, 2.05) is 18.9 Å². The molecule has 0 bridgehead atoms. The molecule has 1 aromatic carbocycles. The Morgan fingerprint density at radius 2 is 1.91 bits per heavy atom. The van der Waals surface area contributed by atoms with Gasteiger partial charge < -0.3 is 5.32 Å². The van der Waals surface area contributed by atoms with Crippen molar-refractivity contribution in [1.29, 1.82) is 0 Å². The van der Waals surface area contributed by atoms with E-state index in [9.17, 15) is 13.2 Å². The fraction of sp³-hybridized carbons (Fsp3) is 0.562. The van der Waals surface area contributed by atoms with Gasteiger partial charge in [-0.1, -0.05) is 25.5 Å². The smallest absolute Gasteiger partial charge is 0.238 e. The summed E-state index contributed by atoms with van der Waals surface area (Å²) in [6.45, 7) is 5.44. The van der Waals surface area contributed by atoms with Crippen LogP contribution in [-0.4, -0.2) is 45.4 Å². The van der Waals surface area contributed by atoms with Gasteiger partial charge in [-0.2, -0.15) is 0 Å². The van der Waals surface area contributed by atoms with Gasteiger partial charge in [-0.3, -0.25) is 9.69 Å². The summed E-state index contributed by atoms with van der Waals surface area (Å²) < 4.78 is 22.4. The molecule has 0 aliphatic rings. The topological polar surface area (TPSA) is 92.5 Å². The second-order valence-electron chi connectivity index (χ2n) is 5.74. The zero-order chi connectivity index (χ0) is 17.5. The molecule has 7 heteroatoms. The molecule has 0 aromatic heterocycles. The lowest BCUT2D eigenvalue weighted by Gasteiger charge is -2.23. The number of nitrogens with two attached hydrogens (primary N) is 1. The third kappa shape index (κ3) is 6.68. The summed E-state index contributed by atoms with van der Waals surface area (Å²) >= 11 is 0. The highest BCUT2D eigenvalue weighted by Gasteiger charge is 2.16. The summed E-state index contributed by atoms with van der Waals surface area (Å²) in [6.07, 6.45) is 2.82. The summed E-state index contributed by atoms with van der Waals surface area (Å²) in [6, 6.07) is 6.22. The number of carbonyl (C=O) groups is 1. The molecule has 0 aliphatic heterocycles. The van der Waals surface area contributed by atoms with Crippen molar-refractivity contribution in [1.82, 2.24) is 10.2 Å². The number of hydrogen-bond acceptors (Lipinski definition) is 4. The first-order chi connectivity index (χ1) is 10.8. The fourth-order valence-corrected chi connectivity index (χ4v) is 2.64. The quantitative estimate of drug-likeness (QED) is 0.704. The second kappa shape index (κ2) is 9.00. The van der Waals surface area contributed by atoms with E-state index in [0.29, 0.717) is 13.0 Å². The Kier molecular flexibility index (Phi) is 7.67. The van der Waals surface area contributed by atoms with Crippen molar-refractivity contribution < 1.29 is 13.2 Å². The average molecular weight is 341 g/mol. The first-order valence-corrected chi connectivity index (χ1v) is 9.40. The molecule has 0 spiro atoms. The maximum atomic E-state index is 12.1. The number of hydrogen-bond donors (Lipinski definition) is 2. The van der Waals surface area contributed by atoms with Crippen LogP contribution in [-0.2, 0) is 21.2 Å². The Morgan fingerprint density at radius 3 is 2.43 bits per heavy atom. The summed E-state index contributed by atoms with van der Waals surface area (Å²) in [5.41, 5.74) is 0.949. The van der Waals surface area contributed by atoms with E-state index in [1.54, 1.807) is 12.1 Å². The lowest BCUT2D eigenvalue weighted by Crippen LogP contribution is -2.44.